The van der Waals surface area contributed by atoms with Gasteiger partial charge in [-0.15, -0.1) is 24.0 Å². The van der Waals surface area contributed by atoms with E-state index in [4.69, 9.17) is 14.1 Å². The lowest BCUT2D eigenvalue weighted by Gasteiger charge is -2.37. The second kappa shape index (κ2) is 11.5. The summed E-state index contributed by atoms with van der Waals surface area (Å²) in [6, 6.07) is 3.89. The number of hydrogen-bond acceptors (Lipinski definition) is 4. The van der Waals surface area contributed by atoms with Gasteiger partial charge in [0.25, 0.3) is 5.91 Å². The second-order valence-electron chi connectivity index (χ2n) is 6.78. The van der Waals surface area contributed by atoms with Crippen molar-refractivity contribution in [3.05, 3.63) is 24.2 Å². The van der Waals surface area contributed by atoms with E-state index >= 15 is 0 Å². The summed E-state index contributed by atoms with van der Waals surface area (Å²) < 4.78 is 10.9. The zero-order valence-corrected chi connectivity index (χ0v) is 18.4. The first-order valence-corrected chi connectivity index (χ1v) is 9.74. The van der Waals surface area contributed by atoms with E-state index in [9.17, 15) is 4.79 Å². The third-order valence-corrected chi connectivity index (χ3v) is 4.82. The Morgan fingerprint density at radius 1 is 1.30 bits per heavy atom. The van der Waals surface area contributed by atoms with Crippen molar-refractivity contribution in [1.29, 1.82) is 0 Å². The molecule has 1 amide bonds. The van der Waals surface area contributed by atoms with Crippen LogP contribution in [0.15, 0.2) is 27.8 Å². The van der Waals surface area contributed by atoms with Crippen LogP contribution in [0.5, 0.6) is 0 Å². The number of amides is 1. The lowest BCUT2D eigenvalue weighted by atomic mass is 10.2. The van der Waals surface area contributed by atoms with Crippen LogP contribution in [-0.2, 0) is 16.0 Å². The summed E-state index contributed by atoms with van der Waals surface area (Å²) >= 11 is 0. The van der Waals surface area contributed by atoms with E-state index in [1.807, 2.05) is 17.0 Å². The number of guanidine groups is 1. The maximum absolute atomic E-state index is 12.5. The average molecular weight is 490 g/mol. The second-order valence-corrected chi connectivity index (χ2v) is 6.78. The molecule has 0 saturated carbocycles. The van der Waals surface area contributed by atoms with Crippen molar-refractivity contribution in [1.82, 2.24) is 15.1 Å². The molecule has 1 aromatic heterocycles. The molecule has 7 nitrogen and oxygen atoms in total. The third kappa shape index (κ3) is 6.38. The molecule has 0 aliphatic carbocycles. The quantitative estimate of drug-likeness (QED) is 0.376. The van der Waals surface area contributed by atoms with Gasteiger partial charge in [-0.1, -0.05) is 6.92 Å². The standard InChI is InChI=1S/C19H30N4O3.HI/c1-2-8-20-19(21-9-7-16-5-3-14-25-16)23-12-10-22(11-13-23)18(24)17-6-4-15-26-17;/h3,5,14,17H,2,4,6-13,15H2,1H3,(H,20,21);1H. The first-order valence-electron chi connectivity index (χ1n) is 9.74. The Labute approximate surface area is 178 Å². The monoisotopic (exact) mass is 490 g/mol. The fraction of sp³-hybridized carbons (Fsp3) is 0.684. The summed E-state index contributed by atoms with van der Waals surface area (Å²) in [5, 5.41) is 3.45. The number of carbonyl (C=O) groups excluding carboxylic acids is 1. The van der Waals surface area contributed by atoms with Crippen LogP contribution in [0.4, 0.5) is 0 Å². The first-order chi connectivity index (χ1) is 12.8. The highest BCUT2D eigenvalue weighted by Gasteiger charge is 2.30. The Hall–Kier alpha value is -1.29. The lowest BCUT2D eigenvalue weighted by Crippen LogP contribution is -2.55. The number of piperazine rings is 1. The summed E-state index contributed by atoms with van der Waals surface area (Å²) in [6.45, 7) is 7.48. The Morgan fingerprint density at radius 2 is 2.07 bits per heavy atom. The number of carbonyl (C=O) groups is 1. The van der Waals surface area contributed by atoms with Crippen molar-refractivity contribution in [2.75, 3.05) is 45.9 Å². The highest BCUT2D eigenvalue weighted by atomic mass is 127. The molecule has 1 unspecified atom stereocenters. The van der Waals surface area contributed by atoms with Crippen molar-refractivity contribution in [2.45, 2.75) is 38.7 Å². The molecule has 0 bridgehead atoms. The number of aliphatic imine (C=N–C) groups is 1. The highest BCUT2D eigenvalue weighted by molar-refractivity contribution is 14.0. The number of rotatable bonds is 6. The molecular weight excluding hydrogens is 459 g/mol. The maximum Gasteiger partial charge on any atom is 0.251 e. The molecule has 1 aromatic rings. The van der Waals surface area contributed by atoms with Gasteiger partial charge in [-0.05, 0) is 31.4 Å². The summed E-state index contributed by atoms with van der Waals surface area (Å²) in [6.07, 6.45) is 5.17. The molecule has 2 aliphatic heterocycles. The molecule has 27 heavy (non-hydrogen) atoms. The van der Waals surface area contributed by atoms with Crippen LogP contribution in [0.3, 0.4) is 0 Å². The smallest absolute Gasteiger partial charge is 0.251 e. The van der Waals surface area contributed by atoms with E-state index in [0.29, 0.717) is 6.61 Å². The topological polar surface area (TPSA) is 70.3 Å². The number of nitrogens with one attached hydrogen (secondary N) is 1. The van der Waals surface area contributed by atoms with E-state index in [1.54, 1.807) is 6.26 Å². The molecule has 152 valence electrons. The highest BCUT2D eigenvalue weighted by Crippen LogP contribution is 2.16. The lowest BCUT2D eigenvalue weighted by molar-refractivity contribution is -0.142. The van der Waals surface area contributed by atoms with Crippen LogP contribution in [0.2, 0.25) is 0 Å². The summed E-state index contributed by atoms with van der Waals surface area (Å²) in [4.78, 5) is 21.4. The zero-order valence-electron chi connectivity index (χ0n) is 16.1. The number of ether oxygens (including phenoxy) is 1. The van der Waals surface area contributed by atoms with Crippen LogP contribution in [0.25, 0.3) is 0 Å². The minimum absolute atomic E-state index is 0. The average Bonchev–Trinajstić information content (AvgIpc) is 3.38. The number of nitrogens with zero attached hydrogens (tertiary/aromatic N) is 3. The van der Waals surface area contributed by atoms with E-state index in [-0.39, 0.29) is 36.0 Å². The molecule has 2 aliphatic rings. The van der Waals surface area contributed by atoms with E-state index < -0.39 is 0 Å². The van der Waals surface area contributed by atoms with Crippen molar-refractivity contribution in [3.8, 4) is 0 Å². The van der Waals surface area contributed by atoms with E-state index in [1.165, 1.54) is 0 Å². The molecule has 3 heterocycles. The minimum atomic E-state index is -0.221. The summed E-state index contributed by atoms with van der Waals surface area (Å²) in [7, 11) is 0. The maximum atomic E-state index is 12.5. The van der Waals surface area contributed by atoms with Crippen LogP contribution >= 0.6 is 24.0 Å². The van der Waals surface area contributed by atoms with Crippen molar-refractivity contribution >= 4 is 35.8 Å². The zero-order chi connectivity index (χ0) is 18.2. The Bertz CT molecular complexity index is 580. The van der Waals surface area contributed by atoms with Crippen LogP contribution in [0, 0.1) is 0 Å². The van der Waals surface area contributed by atoms with Gasteiger partial charge in [-0.2, -0.15) is 0 Å². The fourth-order valence-electron chi connectivity index (χ4n) is 3.35. The molecule has 1 atom stereocenters. The molecule has 0 spiro atoms. The molecule has 8 heteroatoms. The van der Waals surface area contributed by atoms with E-state index in [2.05, 4.69) is 17.1 Å². The summed E-state index contributed by atoms with van der Waals surface area (Å²) in [5.41, 5.74) is 0. The molecule has 3 rings (SSSR count). The van der Waals surface area contributed by atoms with Gasteiger partial charge in [0, 0.05) is 52.3 Å². The van der Waals surface area contributed by atoms with Crippen molar-refractivity contribution < 1.29 is 13.9 Å². The predicted molar refractivity (Wildman–Crippen MR) is 116 cm³/mol. The fourth-order valence-corrected chi connectivity index (χ4v) is 3.35. The third-order valence-electron chi connectivity index (χ3n) is 4.82. The van der Waals surface area contributed by atoms with Crippen molar-refractivity contribution in [2.24, 2.45) is 4.99 Å². The molecular formula is C19H31IN4O3. The minimum Gasteiger partial charge on any atom is -0.469 e. The molecule has 0 radical (unpaired) electrons. The van der Waals surface area contributed by atoms with Gasteiger partial charge in [0.2, 0.25) is 0 Å². The predicted octanol–water partition coefficient (Wildman–Crippen LogP) is 2.12. The summed E-state index contributed by atoms with van der Waals surface area (Å²) in [5.74, 6) is 2.06. The Morgan fingerprint density at radius 3 is 2.70 bits per heavy atom. The van der Waals surface area contributed by atoms with Gasteiger partial charge < -0.3 is 24.3 Å². The SMILES string of the molecule is CCCN=C(NCCc1ccco1)N1CCN(C(=O)C2CCCO2)CC1.I. The van der Waals surface area contributed by atoms with Gasteiger partial charge in [-0.25, -0.2) is 0 Å². The van der Waals surface area contributed by atoms with Gasteiger partial charge in [0.15, 0.2) is 5.96 Å². The van der Waals surface area contributed by atoms with E-state index in [0.717, 1.165) is 76.7 Å². The molecule has 0 aromatic carbocycles. The molecule has 2 fully saturated rings. The van der Waals surface area contributed by atoms with Gasteiger partial charge in [0.05, 0.1) is 6.26 Å². The number of halogens is 1. The first kappa shape index (κ1) is 22.0. The molecule has 1 N–H and O–H groups in total. The molecule has 2 saturated heterocycles. The Balaban J connectivity index is 0.00000261. The number of hydrogen-bond donors (Lipinski definition) is 1. The van der Waals surface area contributed by atoms with Crippen molar-refractivity contribution in [3.63, 3.8) is 0 Å². The van der Waals surface area contributed by atoms with Crippen LogP contribution < -0.4 is 5.32 Å². The van der Waals surface area contributed by atoms with Crippen LogP contribution in [0.1, 0.15) is 31.9 Å². The largest absolute Gasteiger partial charge is 0.469 e. The normalized spacial score (nSPS) is 20.5. The Kier molecular flexibility index (Phi) is 9.40. The van der Waals surface area contributed by atoms with Crippen LogP contribution in [-0.4, -0.2) is 73.6 Å². The van der Waals surface area contributed by atoms with Gasteiger partial charge in [0.1, 0.15) is 11.9 Å². The van der Waals surface area contributed by atoms with Gasteiger partial charge in [-0.3, -0.25) is 9.79 Å². The number of furan rings is 1. The van der Waals surface area contributed by atoms with Gasteiger partial charge >= 0.3 is 0 Å².